The number of hydrogen-bond donors (Lipinski definition) is 1. The number of nitrogens with two attached hydrogens (primary N) is 1. The van der Waals surface area contributed by atoms with Gasteiger partial charge in [-0.3, -0.25) is 0 Å². The van der Waals surface area contributed by atoms with Gasteiger partial charge in [0.1, 0.15) is 0 Å². The van der Waals surface area contributed by atoms with E-state index in [0.29, 0.717) is 0 Å². The summed E-state index contributed by atoms with van der Waals surface area (Å²) < 4.78 is 0. The molecule has 2 heteroatoms. The topological polar surface area (TPSA) is 29.3 Å². The molecule has 0 saturated carbocycles. The summed E-state index contributed by atoms with van der Waals surface area (Å²) in [7, 11) is 0. The summed E-state index contributed by atoms with van der Waals surface area (Å²) in [5.41, 5.74) is 9.25. The Kier molecular flexibility index (Phi) is 1.68. The molecule has 2 heterocycles. The van der Waals surface area contributed by atoms with Gasteiger partial charge in [-0.05, 0) is 29.4 Å². The molecule has 1 atom stereocenters. The van der Waals surface area contributed by atoms with Crippen molar-refractivity contribution in [1.82, 2.24) is 4.90 Å². The first-order chi connectivity index (χ1) is 7.34. The van der Waals surface area contributed by atoms with E-state index < -0.39 is 0 Å². The molecule has 0 aromatic heterocycles. The van der Waals surface area contributed by atoms with Crippen LogP contribution in [-0.4, -0.2) is 4.90 Å². The molecule has 2 nitrogen and oxygen atoms in total. The maximum atomic E-state index is 5.82. The number of fused-ring (bicyclic) bond motifs is 3. The van der Waals surface area contributed by atoms with Crippen molar-refractivity contribution in [2.45, 2.75) is 6.04 Å². The van der Waals surface area contributed by atoms with Crippen molar-refractivity contribution in [3.8, 4) is 0 Å². The summed E-state index contributed by atoms with van der Waals surface area (Å²) in [6.45, 7) is 0. The van der Waals surface area contributed by atoms with Gasteiger partial charge in [-0.1, -0.05) is 24.3 Å². The largest absolute Gasteiger partial charge is 0.399 e. The number of rotatable bonds is 0. The minimum Gasteiger partial charge on any atom is -0.399 e. The van der Waals surface area contributed by atoms with Gasteiger partial charge < -0.3 is 10.6 Å². The monoisotopic (exact) mass is 196 g/mol. The van der Waals surface area contributed by atoms with Gasteiger partial charge in [0.15, 0.2) is 0 Å². The van der Waals surface area contributed by atoms with Gasteiger partial charge in [0.25, 0.3) is 0 Å². The van der Waals surface area contributed by atoms with Crippen molar-refractivity contribution in [3.05, 3.63) is 65.6 Å². The van der Waals surface area contributed by atoms with Gasteiger partial charge in [-0.25, -0.2) is 0 Å². The molecule has 0 radical (unpaired) electrons. The van der Waals surface area contributed by atoms with Crippen molar-refractivity contribution < 1.29 is 0 Å². The minimum atomic E-state index is 0.260. The fourth-order valence-corrected chi connectivity index (χ4v) is 2.08. The highest BCUT2D eigenvalue weighted by molar-refractivity contribution is 5.59. The average molecular weight is 196 g/mol. The maximum Gasteiger partial charge on any atom is 0.0792 e. The summed E-state index contributed by atoms with van der Waals surface area (Å²) in [6, 6.07) is 8.67. The van der Waals surface area contributed by atoms with Crippen LogP contribution in [0.2, 0.25) is 0 Å². The second-order valence-electron chi connectivity index (χ2n) is 3.82. The molecule has 74 valence electrons. The van der Waals surface area contributed by atoms with Crippen LogP contribution in [-0.2, 0) is 0 Å². The lowest BCUT2D eigenvalue weighted by Gasteiger charge is -2.32. The Morgan fingerprint density at radius 2 is 1.87 bits per heavy atom. The second kappa shape index (κ2) is 3.02. The highest BCUT2D eigenvalue weighted by Gasteiger charge is 2.21. The zero-order valence-electron chi connectivity index (χ0n) is 8.30. The molecule has 2 aliphatic heterocycles. The van der Waals surface area contributed by atoms with E-state index in [2.05, 4.69) is 47.5 Å². The van der Waals surface area contributed by atoms with Gasteiger partial charge in [-0.15, -0.1) is 0 Å². The molecule has 2 aliphatic rings. The summed E-state index contributed by atoms with van der Waals surface area (Å²) in [5, 5.41) is 0. The van der Waals surface area contributed by atoms with Gasteiger partial charge in [0.05, 0.1) is 6.04 Å². The lowest BCUT2D eigenvalue weighted by molar-refractivity contribution is 0.427. The predicted octanol–water partition coefficient (Wildman–Crippen LogP) is 2.38. The molecule has 15 heavy (non-hydrogen) atoms. The van der Waals surface area contributed by atoms with Gasteiger partial charge >= 0.3 is 0 Å². The van der Waals surface area contributed by atoms with Crippen molar-refractivity contribution in [2.75, 3.05) is 0 Å². The van der Waals surface area contributed by atoms with Crippen molar-refractivity contribution in [3.63, 3.8) is 0 Å². The Bertz CT molecular complexity index is 483. The fourth-order valence-electron chi connectivity index (χ4n) is 2.08. The third kappa shape index (κ3) is 1.26. The van der Waals surface area contributed by atoms with E-state index in [1.54, 1.807) is 0 Å². The molecule has 0 bridgehead atoms. The van der Waals surface area contributed by atoms with Crippen LogP contribution < -0.4 is 5.73 Å². The van der Waals surface area contributed by atoms with Crippen LogP contribution in [0.25, 0.3) is 6.08 Å². The molecular weight excluding hydrogens is 184 g/mol. The van der Waals surface area contributed by atoms with Crippen LogP contribution >= 0.6 is 0 Å². The molecule has 1 aromatic rings. The molecule has 0 spiro atoms. The number of hydrogen-bond acceptors (Lipinski definition) is 2. The third-order valence-electron chi connectivity index (χ3n) is 2.85. The molecule has 1 unspecified atom stereocenters. The zero-order valence-corrected chi connectivity index (χ0v) is 8.30. The van der Waals surface area contributed by atoms with E-state index in [4.69, 9.17) is 5.73 Å². The first-order valence-corrected chi connectivity index (χ1v) is 5.05. The maximum absolute atomic E-state index is 5.82. The lowest BCUT2D eigenvalue weighted by Crippen LogP contribution is -2.23. The van der Waals surface area contributed by atoms with Crippen LogP contribution in [0.15, 0.2) is 54.5 Å². The summed E-state index contributed by atoms with van der Waals surface area (Å²) in [5.74, 6) is 0. The third-order valence-corrected chi connectivity index (χ3v) is 2.85. The summed E-state index contributed by atoms with van der Waals surface area (Å²) in [4.78, 5) is 2.17. The van der Waals surface area contributed by atoms with Gasteiger partial charge in [0, 0.05) is 18.1 Å². The van der Waals surface area contributed by atoms with E-state index in [9.17, 15) is 0 Å². The highest BCUT2D eigenvalue weighted by Crippen LogP contribution is 2.33. The normalized spacial score (nSPS) is 22.0. The second-order valence-corrected chi connectivity index (χ2v) is 3.82. The van der Waals surface area contributed by atoms with E-state index >= 15 is 0 Å². The number of benzene rings is 1. The molecule has 0 amide bonds. The molecule has 3 rings (SSSR count). The molecule has 2 N–H and O–H groups in total. The van der Waals surface area contributed by atoms with Crippen molar-refractivity contribution in [1.29, 1.82) is 0 Å². The van der Waals surface area contributed by atoms with Crippen LogP contribution in [0.3, 0.4) is 0 Å². The Hall–Kier alpha value is -1.96. The van der Waals surface area contributed by atoms with E-state index in [0.717, 1.165) is 5.70 Å². The van der Waals surface area contributed by atoms with Crippen molar-refractivity contribution in [2.24, 2.45) is 5.73 Å². The average Bonchev–Trinajstić information content (AvgIpc) is 2.29. The number of allylic oxidation sites excluding steroid dienone is 1. The highest BCUT2D eigenvalue weighted by atomic mass is 15.1. The smallest absolute Gasteiger partial charge is 0.0792 e. The van der Waals surface area contributed by atoms with Crippen LogP contribution in [0.1, 0.15) is 17.2 Å². The molecule has 0 saturated heterocycles. The Morgan fingerprint density at radius 1 is 1.07 bits per heavy atom. The Balaban J connectivity index is 2.14. The van der Waals surface area contributed by atoms with Crippen LogP contribution in [0.4, 0.5) is 0 Å². The van der Waals surface area contributed by atoms with E-state index in [1.165, 1.54) is 11.1 Å². The Morgan fingerprint density at radius 3 is 2.80 bits per heavy atom. The standard InChI is InChI=1S/C13H12N2/c14-11-6-8-15-7-5-10-3-1-2-4-12(10)13(15)9-11/h1-9,13H,14H2. The van der Waals surface area contributed by atoms with E-state index in [-0.39, 0.29) is 6.04 Å². The van der Waals surface area contributed by atoms with Gasteiger partial charge in [0.2, 0.25) is 0 Å². The summed E-state index contributed by atoms with van der Waals surface area (Å²) in [6.07, 6.45) is 10.3. The summed E-state index contributed by atoms with van der Waals surface area (Å²) >= 11 is 0. The molecular formula is C13H12N2. The van der Waals surface area contributed by atoms with E-state index in [1.807, 2.05) is 12.3 Å². The lowest BCUT2D eigenvalue weighted by atomic mass is 9.94. The van der Waals surface area contributed by atoms with Crippen molar-refractivity contribution >= 4 is 6.08 Å². The first-order valence-electron chi connectivity index (χ1n) is 5.05. The predicted molar refractivity (Wildman–Crippen MR) is 61.5 cm³/mol. The molecule has 0 fully saturated rings. The molecule has 1 aromatic carbocycles. The quantitative estimate of drug-likeness (QED) is 0.690. The first kappa shape index (κ1) is 8.36. The number of nitrogens with zero attached hydrogens (tertiary/aromatic N) is 1. The zero-order chi connectivity index (χ0) is 10.3. The van der Waals surface area contributed by atoms with Crippen LogP contribution in [0.5, 0.6) is 0 Å². The Labute approximate surface area is 89.0 Å². The molecule has 0 aliphatic carbocycles. The van der Waals surface area contributed by atoms with Gasteiger partial charge in [-0.2, -0.15) is 0 Å². The fraction of sp³-hybridized carbons (Fsp3) is 0.0769. The SMILES string of the molecule is NC1=CC2c3ccccc3C=CN2C=C1. The van der Waals surface area contributed by atoms with Crippen LogP contribution in [0, 0.1) is 0 Å². The minimum absolute atomic E-state index is 0.260.